The maximum absolute atomic E-state index is 13.2. The Morgan fingerprint density at radius 2 is 0.940 bits per heavy atom. The number of hydrogen-bond donors (Lipinski definition) is 0. The minimum Gasteiger partial charge on any atom is -0.289 e. The minimum atomic E-state index is -0.288. The van der Waals surface area contributed by atoms with Crippen LogP contribution < -0.4 is 0 Å². The molecule has 0 heterocycles. The largest absolute Gasteiger partial charge is 0.289 e. The van der Waals surface area contributed by atoms with E-state index >= 15 is 0 Å². The Morgan fingerprint density at radius 3 is 1.32 bits per heavy atom. The van der Waals surface area contributed by atoms with Crippen molar-refractivity contribution in [2.45, 2.75) is 83.1 Å². The highest BCUT2D eigenvalue weighted by Crippen LogP contribution is 2.41. The molecular weight excluding hydrogens is 752 g/mol. The molecule has 50 heavy (non-hydrogen) atoms. The van der Waals surface area contributed by atoms with E-state index in [0.29, 0.717) is 11.4 Å². The standard InChI is InChI=1S/C42H48Br2N4O2/c1-39(2,3)30-17-25(18-31(37(30)49)40(4,5)6)23-45-47-28-14-15-29(34(43)22-28)27-13-16-36(35(44)21-27)48-46-24-26-19-32(41(7,8)9)38(50)33(20-26)42(10,11)12/h13-24H,1-12H3. The van der Waals surface area contributed by atoms with Gasteiger partial charge < -0.3 is 0 Å². The van der Waals surface area contributed by atoms with Gasteiger partial charge in [0.05, 0.1) is 23.8 Å². The van der Waals surface area contributed by atoms with Gasteiger partial charge in [-0.25, -0.2) is 0 Å². The number of halogens is 2. The summed E-state index contributed by atoms with van der Waals surface area (Å²) < 4.78 is 1.67. The van der Waals surface area contributed by atoms with Crippen LogP contribution in [0.3, 0.4) is 0 Å². The third kappa shape index (κ3) is 9.38. The van der Waals surface area contributed by atoms with E-state index in [2.05, 4.69) is 135 Å². The van der Waals surface area contributed by atoms with Crippen molar-refractivity contribution in [3.8, 4) is 11.1 Å². The molecule has 2 aliphatic rings. The number of carbonyl (C=O) groups excluding carboxylic acids is 2. The Labute approximate surface area is 314 Å². The molecule has 0 aliphatic heterocycles. The van der Waals surface area contributed by atoms with Crippen molar-refractivity contribution in [1.29, 1.82) is 0 Å². The van der Waals surface area contributed by atoms with E-state index in [9.17, 15) is 9.59 Å². The molecule has 2 aliphatic carbocycles. The average molecular weight is 801 g/mol. The number of azo groups is 2. The van der Waals surface area contributed by atoms with Crippen LogP contribution in [0.5, 0.6) is 0 Å². The quantitative estimate of drug-likeness (QED) is 0.282. The van der Waals surface area contributed by atoms with Gasteiger partial charge in [0, 0.05) is 31.2 Å². The van der Waals surface area contributed by atoms with Crippen LogP contribution in [0.4, 0.5) is 11.4 Å². The summed E-state index contributed by atoms with van der Waals surface area (Å²) in [7, 11) is 0. The second kappa shape index (κ2) is 14.5. The van der Waals surface area contributed by atoms with Crippen LogP contribution in [0.1, 0.15) is 83.1 Å². The van der Waals surface area contributed by atoms with E-state index < -0.39 is 0 Å². The Balaban J connectivity index is 1.55. The van der Waals surface area contributed by atoms with E-state index in [1.54, 1.807) is 12.4 Å². The number of rotatable bonds is 5. The molecule has 0 spiro atoms. The van der Waals surface area contributed by atoms with Gasteiger partial charge in [0.1, 0.15) is 0 Å². The third-order valence-corrected chi connectivity index (χ3v) is 9.71. The van der Waals surface area contributed by atoms with Crippen LogP contribution in [0.15, 0.2) is 136 Å². The third-order valence-electron chi connectivity index (χ3n) is 8.42. The lowest BCUT2D eigenvalue weighted by Gasteiger charge is -2.31. The Hall–Kier alpha value is -3.62. The van der Waals surface area contributed by atoms with Crippen molar-refractivity contribution in [2.75, 3.05) is 0 Å². The number of nitrogens with zero attached hydrogens (tertiary/aromatic N) is 4. The first kappa shape index (κ1) is 39.2. The van der Waals surface area contributed by atoms with E-state index in [1.165, 1.54) is 0 Å². The summed E-state index contributed by atoms with van der Waals surface area (Å²) in [6, 6.07) is 11.8. The van der Waals surface area contributed by atoms with E-state index in [1.807, 2.05) is 60.7 Å². The summed E-state index contributed by atoms with van der Waals surface area (Å²) in [4.78, 5) is 26.5. The predicted molar refractivity (Wildman–Crippen MR) is 213 cm³/mol. The minimum absolute atomic E-state index is 0.0921. The van der Waals surface area contributed by atoms with Gasteiger partial charge in [-0.1, -0.05) is 111 Å². The van der Waals surface area contributed by atoms with Gasteiger partial charge in [-0.05, 0) is 108 Å². The molecule has 8 heteroatoms. The van der Waals surface area contributed by atoms with Crippen molar-refractivity contribution in [1.82, 2.24) is 0 Å². The molecule has 0 N–H and O–H groups in total. The number of ketones is 2. The van der Waals surface area contributed by atoms with E-state index in [0.717, 1.165) is 53.5 Å². The van der Waals surface area contributed by atoms with Crippen molar-refractivity contribution in [3.63, 3.8) is 0 Å². The molecule has 4 rings (SSSR count). The first-order valence-electron chi connectivity index (χ1n) is 16.8. The molecular formula is C42H48Br2N4O2. The van der Waals surface area contributed by atoms with Crippen molar-refractivity contribution in [3.05, 3.63) is 115 Å². The first-order valence-corrected chi connectivity index (χ1v) is 18.3. The highest BCUT2D eigenvalue weighted by atomic mass is 79.9. The number of Topliss-reactive ketones (excluding diaryl/α,β-unsaturated/α-hetero) is 2. The van der Waals surface area contributed by atoms with Crippen molar-refractivity contribution in [2.24, 2.45) is 42.1 Å². The van der Waals surface area contributed by atoms with Gasteiger partial charge in [0.25, 0.3) is 0 Å². The van der Waals surface area contributed by atoms with Gasteiger partial charge in [-0.2, -0.15) is 15.3 Å². The maximum atomic E-state index is 13.2. The van der Waals surface area contributed by atoms with Crippen LogP contribution in [-0.4, -0.2) is 11.6 Å². The number of benzene rings is 2. The van der Waals surface area contributed by atoms with Crippen LogP contribution in [0, 0.1) is 21.7 Å². The number of hydrogen-bond acceptors (Lipinski definition) is 6. The highest BCUT2D eigenvalue weighted by Gasteiger charge is 2.35. The Kier molecular flexibility index (Phi) is 11.4. The Morgan fingerprint density at radius 1 is 0.520 bits per heavy atom. The molecule has 0 radical (unpaired) electrons. The summed E-state index contributed by atoms with van der Waals surface area (Å²) in [6.45, 7) is 24.6. The maximum Gasteiger partial charge on any atom is 0.186 e. The molecule has 0 unspecified atom stereocenters. The highest BCUT2D eigenvalue weighted by molar-refractivity contribution is 9.11. The van der Waals surface area contributed by atoms with Gasteiger partial charge in [-0.3, -0.25) is 9.59 Å². The van der Waals surface area contributed by atoms with Crippen LogP contribution in [0.2, 0.25) is 0 Å². The summed E-state index contributed by atoms with van der Waals surface area (Å²) in [5.41, 5.74) is 6.99. The summed E-state index contributed by atoms with van der Waals surface area (Å²) in [5.74, 6) is 0.186. The number of carbonyl (C=O) groups is 2. The zero-order valence-corrected chi connectivity index (χ0v) is 34.5. The molecule has 0 atom stereocenters. The van der Waals surface area contributed by atoms with Gasteiger partial charge in [0.15, 0.2) is 11.6 Å². The van der Waals surface area contributed by atoms with E-state index in [-0.39, 0.29) is 33.2 Å². The lowest BCUT2D eigenvalue weighted by atomic mass is 9.72. The molecule has 0 saturated heterocycles. The fourth-order valence-electron chi connectivity index (χ4n) is 5.56. The topological polar surface area (TPSA) is 83.6 Å². The fourth-order valence-corrected chi connectivity index (χ4v) is 6.61. The SMILES string of the molecule is CC(C)(C)C1=CC(=CN=Nc2ccc(-c3ccc(N=NC=C4C=C(C(C)(C)C)C(=O)C(C(C)(C)C)=C4)c(Br)c3)c(Br)c2)C=C(C(C)(C)C)C1=O. The normalized spacial score (nSPS) is 16.5. The summed E-state index contributed by atoms with van der Waals surface area (Å²) in [5, 5.41) is 17.7. The molecule has 0 bridgehead atoms. The molecule has 0 fully saturated rings. The molecule has 6 nitrogen and oxygen atoms in total. The zero-order valence-electron chi connectivity index (χ0n) is 31.3. The summed E-state index contributed by atoms with van der Waals surface area (Å²) >= 11 is 7.38. The first-order chi connectivity index (χ1) is 23.0. The smallest absolute Gasteiger partial charge is 0.186 e. The lowest BCUT2D eigenvalue weighted by molar-refractivity contribution is -0.114. The van der Waals surface area contributed by atoms with Crippen LogP contribution in [-0.2, 0) is 9.59 Å². The fraction of sp³-hybridized carbons (Fsp3) is 0.381. The molecule has 262 valence electrons. The number of allylic oxidation sites excluding steroid dienone is 10. The van der Waals surface area contributed by atoms with E-state index in [4.69, 9.17) is 0 Å². The Bertz CT molecular complexity index is 1900. The molecule has 0 amide bonds. The van der Waals surface area contributed by atoms with Crippen LogP contribution in [0.25, 0.3) is 11.1 Å². The molecule has 0 saturated carbocycles. The van der Waals surface area contributed by atoms with Gasteiger partial charge >= 0.3 is 0 Å². The second-order valence-corrected chi connectivity index (χ2v) is 18.6. The van der Waals surface area contributed by atoms with Crippen LogP contribution >= 0.6 is 31.9 Å². The average Bonchev–Trinajstić information content (AvgIpc) is 2.97. The summed E-state index contributed by atoms with van der Waals surface area (Å²) in [6.07, 6.45) is 11.1. The van der Waals surface area contributed by atoms with Crippen molar-refractivity contribution >= 4 is 54.8 Å². The molecule has 2 aromatic rings. The van der Waals surface area contributed by atoms with Gasteiger partial charge in [-0.15, -0.1) is 5.11 Å². The predicted octanol–water partition coefficient (Wildman–Crippen LogP) is 13.9. The molecule has 0 aromatic heterocycles. The second-order valence-electron chi connectivity index (χ2n) is 16.9. The lowest BCUT2D eigenvalue weighted by Crippen LogP contribution is -2.27. The zero-order chi connectivity index (χ0) is 37.4. The van der Waals surface area contributed by atoms with Gasteiger partial charge in [0.2, 0.25) is 0 Å². The molecule has 2 aromatic carbocycles. The van der Waals surface area contributed by atoms with Crippen molar-refractivity contribution < 1.29 is 9.59 Å². The monoisotopic (exact) mass is 798 g/mol.